The van der Waals surface area contributed by atoms with Crippen molar-refractivity contribution in [2.45, 2.75) is 12.8 Å². The highest BCUT2D eigenvalue weighted by molar-refractivity contribution is 5.96. The first-order valence-electron chi connectivity index (χ1n) is 4.54. The average Bonchev–Trinajstić information content (AvgIpc) is 2.14. The van der Waals surface area contributed by atoms with Crippen LogP contribution in [0.2, 0.25) is 0 Å². The molecule has 0 aromatic carbocycles. The zero-order valence-electron chi connectivity index (χ0n) is 8.04. The molecule has 5 nitrogen and oxygen atoms in total. The number of ether oxygens (including phenoxy) is 1. The van der Waals surface area contributed by atoms with Gasteiger partial charge in [0.1, 0.15) is 6.61 Å². The van der Waals surface area contributed by atoms with Gasteiger partial charge < -0.3 is 9.64 Å². The van der Waals surface area contributed by atoms with Crippen molar-refractivity contribution in [2.24, 2.45) is 0 Å². The molecule has 1 heterocycles. The summed E-state index contributed by atoms with van der Waals surface area (Å²) in [5.41, 5.74) is 0. The van der Waals surface area contributed by atoms with Crippen molar-refractivity contribution >= 4 is 11.9 Å². The Morgan fingerprint density at radius 3 is 2.80 bits per heavy atom. The summed E-state index contributed by atoms with van der Waals surface area (Å²) in [7, 11) is 0. The van der Waals surface area contributed by atoms with E-state index in [1.54, 1.807) is 0 Å². The van der Waals surface area contributed by atoms with Crippen LogP contribution in [-0.4, -0.2) is 49.6 Å². The first kappa shape index (κ1) is 11.8. The minimum absolute atomic E-state index is 0.0476. The second-order valence-electron chi connectivity index (χ2n) is 3.06. The Kier molecular flexibility index (Phi) is 4.41. The molecule has 0 atom stereocenters. The van der Waals surface area contributed by atoms with Crippen LogP contribution in [0, 0.1) is 0 Å². The lowest BCUT2D eigenvalue weighted by Gasteiger charge is -2.26. The van der Waals surface area contributed by atoms with Gasteiger partial charge in [-0.1, -0.05) is 0 Å². The van der Waals surface area contributed by atoms with Crippen molar-refractivity contribution in [3.8, 4) is 0 Å². The van der Waals surface area contributed by atoms with E-state index in [0.29, 0.717) is 6.54 Å². The third-order valence-corrected chi connectivity index (χ3v) is 1.89. The number of alkyl halides is 2. The number of imide groups is 1. The highest BCUT2D eigenvalue weighted by Crippen LogP contribution is 2.00. The zero-order chi connectivity index (χ0) is 11.3. The van der Waals surface area contributed by atoms with Crippen LogP contribution in [0.4, 0.5) is 13.6 Å². The SMILES string of the molecule is O=C1CCN(CCOCC(F)F)C(=O)N1. The molecule has 1 aliphatic rings. The fourth-order valence-electron chi connectivity index (χ4n) is 1.16. The molecule has 0 saturated carbocycles. The van der Waals surface area contributed by atoms with E-state index in [2.05, 4.69) is 10.1 Å². The molecule has 0 unspecified atom stereocenters. The van der Waals surface area contributed by atoms with Crippen LogP contribution in [0.15, 0.2) is 0 Å². The van der Waals surface area contributed by atoms with Gasteiger partial charge in [-0.15, -0.1) is 0 Å². The minimum atomic E-state index is -2.50. The van der Waals surface area contributed by atoms with E-state index in [1.807, 2.05) is 0 Å². The summed E-state index contributed by atoms with van der Waals surface area (Å²) in [6.45, 7) is -0.0606. The van der Waals surface area contributed by atoms with Gasteiger partial charge in [0.15, 0.2) is 0 Å². The second-order valence-corrected chi connectivity index (χ2v) is 3.06. The smallest absolute Gasteiger partial charge is 0.324 e. The standard InChI is InChI=1S/C8H12F2N2O3/c9-6(10)5-15-4-3-12-2-1-7(13)11-8(12)14/h6H,1-5H2,(H,11,13,14). The first-order chi connectivity index (χ1) is 7.09. The molecule has 1 fully saturated rings. The minimum Gasteiger partial charge on any atom is -0.374 e. The van der Waals surface area contributed by atoms with E-state index in [-0.39, 0.29) is 25.5 Å². The Hall–Kier alpha value is -1.24. The molecule has 0 radical (unpaired) electrons. The molecule has 1 rings (SSSR count). The highest BCUT2D eigenvalue weighted by atomic mass is 19.3. The Morgan fingerprint density at radius 1 is 1.47 bits per heavy atom. The van der Waals surface area contributed by atoms with Crippen molar-refractivity contribution < 1.29 is 23.1 Å². The predicted octanol–water partition coefficient (Wildman–Crippen LogP) is 0.210. The number of amides is 3. The van der Waals surface area contributed by atoms with E-state index in [0.717, 1.165) is 0 Å². The molecule has 0 aliphatic carbocycles. The highest BCUT2D eigenvalue weighted by Gasteiger charge is 2.22. The summed E-state index contributed by atoms with van der Waals surface area (Å²) in [5, 5.41) is 2.12. The summed E-state index contributed by atoms with van der Waals surface area (Å²) >= 11 is 0. The summed E-state index contributed by atoms with van der Waals surface area (Å²) < 4.78 is 27.9. The first-order valence-corrected chi connectivity index (χ1v) is 4.54. The summed E-state index contributed by atoms with van der Waals surface area (Å²) in [4.78, 5) is 23.2. The number of carbonyl (C=O) groups excluding carboxylic acids is 2. The number of nitrogens with one attached hydrogen (secondary N) is 1. The van der Waals surface area contributed by atoms with Gasteiger partial charge >= 0.3 is 6.03 Å². The van der Waals surface area contributed by atoms with Crippen LogP contribution in [0.25, 0.3) is 0 Å². The molecular weight excluding hydrogens is 210 g/mol. The van der Waals surface area contributed by atoms with Gasteiger partial charge in [-0.2, -0.15) is 0 Å². The molecular formula is C8H12F2N2O3. The molecule has 15 heavy (non-hydrogen) atoms. The molecule has 1 saturated heterocycles. The van der Waals surface area contributed by atoms with Gasteiger partial charge in [0.25, 0.3) is 6.43 Å². The Labute approximate surface area is 85.4 Å². The van der Waals surface area contributed by atoms with Crippen LogP contribution in [-0.2, 0) is 9.53 Å². The number of rotatable bonds is 5. The number of hydrogen-bond donors (Lipinski definition) is 1. The van der Waals surface area contributed by atoms with E-state index in [9.17, 15) is 18.4 Å². The van der Waals surface area contributed by atoms with Gasteiger partial charge in [-0.25, -0.2) is 13.6 Å². The van der Waals surface area contributed by atoms with E-state index < -0.39 is 19.1 Å². The van der Waals surface area contributed by atoms with Gasteiger partial charge in [0, 0.05) is 19.5 Å². The number of urea groups is 1. The van der Waals surface area contributed by atoms with Gasteiger partial charge in [0.05, 0.1) is 6.61 Å². The number of halogens is 2. The molecule has 0 aromatic rings. The summed E-state index contributed by atoms with van der Waals surface area (Å²) in [6.07, 6.45) is -2.26. The predicted molar refractivity (Wildman–Crippen MR) is 46.6 cm³/mol. The van der Waals surface area contributed by atoms with Crippen molar-refractivity contribution in [1.29, 1.82) is 0 Å². The molecule has 1 aliphatic heterocycles. The lowest BCUT2D eigenvalue weighted by Crippen LogP contribution is -2.50. The van der Waals surface area contributed by atoms with Crippen molar-refractivity contribution in [1.82, 2.24) is 10.2 Å². The Morgan fingerprint density at radius 2 is 2.20 bits per heavy atom. The fourth-order valence-corrected chi connectivity index (χ4v) is 1.16. The van der Waals surface area contributed by atoms with Gasteiger partial charge in [-0.3, -0.25) is 10.1 Å². The quantitative estimate of drug-likeness (QED) is 0.676. The number of hydrogen-bond acceptors (Lipinski definition) is 3. The molecule has 3 amide bonds. The monoisotopic (exact) mass is 222 g/mol. The van der Waals surface area contributed by atoms with Crippen molar-refractivity contribution in [3.63, 3.8) is 0 Å². The maximum Gasteiger partial charge on any atom is 0.324 e. The zero-order valence-corrected chi connectivity index (χ0v) is 8.04. The van der Waals surface area contributed by atoms with Crippen LogP contribution in [0.1, 0.15) is 6.42 Å². The lowest BCUT2D eigenvalue weighted by molar-refractivity contribution is -0.121. The second kappa shape index (κ2) is 5.59. The Balaban J connectivity index is 2.16. The van der Waals surface area contributed by atoms with Crippen LogP contribution < -0.4 is 5.32 Å². The third-order valence-electron chi connectivity index (χ3n) is 1.89. The largest absolute Gasteiger partial charge is 0.374 e. The maximum atomic E-state index is 11.7. The van der Waals surface area contributed by atoms with Crippen LogP contribution in [0.3, 0.4) is 0 Å². The summed E-state index contributed by atoms with van der Waals surface area (Å²) in [5.74, 6) is -0.315. The molecule has 86 valence electrons. The van der Waals surface area contributed by atoms with Gasteiger partial charge in [-0.05, 0) is 0 Å². The van der Waals surface area contributed by atoms with E-state index >= 15 is 0 Å². The van der Waals surface area contributed by atoms with Gasteiger partial charge in [0.2, 0.25) is 5.91 Å². The average molecular weight is 222 g/mol. The summed E-state index contributed by atoms with van der Waals surface area (Å²) in [6, 6.07) is -0.494. The van der Waals surface area contributed by atoms with E-state index in [4.69, 9.17) is 0 Å². The van der Waals surface area contributed by atoms with Crippen molar-refractivity contribution in [3.05, 3.63) is 0 Å². The Bertz CT molecular complexity index is 248. The molecule has 1 N–H and O–H groups in total. The fraction of sp³-hybridized carbons (Fsp3) is 0.750. The lowest BCUT2D eigenvalue weighted by atomic mass is 10.3. The number of carbonyl (C=O) groups is 2. The normalized spacial score (nSPS) is 17.1. The van der Waals surface area contributed by atoms with Crippen molar-refractivity contribution in [2.75, 3.05) is 26.3 Å². The van der Waals surface area contributed by atoms with Crippen LogP contribution in [0.5, 0.6) is 0 Å². The van der Waals surface area contributed by atoms with Crippen LogP contribution >= 0.6 is 0 Å². The number of nitrogens with zero attached hydrogens (tertiary/aromatic N) is 1. The molecule has 0 bridgehead atoms. The topological polar surface area (TPSA) is 58.6 Å². The molecule has 7 heteroatoms. The maximum absolute atomic E-state index is 11.7. The molecule has 0 spiro atoms. The third kappa shape index (κ3) is 4.20. The molecule has 0 aromatic heterocycles. The van der Waals surface area contributed by atoms with E-state index in [1.165, 1.54) is 4.90 Å².